The Hall–Kier alpha value is -1.17. The van der Waals surface area contributed by atoms with Gasteiger partial charge in [-0.2, -0.15) is 18.3 Å². The van der Waals surface area contributed by atoms with Gasteiger partial charge < -0.3 is 5.32 Å². The lowest BCUT2D eigenvalue weighted by atomic mass is 10.2. The molecule has 84 valence electrons. The maximum Gasteiger partial charge on any atom is 0.435 e. The number of halogens is 3. The van der Waals surface area contributed by atoms with Crippen molar-refractivity contribution >= 4 is 0 Å². The third kappa shape index (κ3) is 3.16. The van der Waals surface area contributed by atoms with Crippen LogP contribution in [-0.2, 0) is 6.18 Å². The van der Waals surface area contributed by atoms with E-state index >= 15 is 0 Å². The van der Waals surface area contributed by atoms with Crippen molar-refractivity contribution in [1.82, 2.24) is 15.5 Å². The lowest BCUT2D eigenvalue weighted by molar-refractivity contribution is -0.141. The Bertz CT molecular complexity index is 307. The highest BCUT2D eigenvalue weighted by molar-refractivity contribution is 5.11. The predicted octanol–water partition coefficient (Wildman–Crippen LogP) is 2.17. The average molecular weight is 219 g/mol. The van der Waals surface area contributed by atoms with Gasteiger partial charge in [0.25, 0.3) is 0 Å². The van der Waals surface area contributed by atoms with Crippen molar-refractivity contribution in [3.63, 3.8) is 0 Å². The lowest BCUT2D eigenvalue weighted by Crippen LogP contribution is -2.20. The van der Waals surface area contributed by atoms with Crippen molar-refractivity contribution in [2.75, 3.05) is 6.54 Å². The summed E-state index contributed by atoms with van der Waals surface area (Å²) in [6.07, 6.45) is -4.42. The van der Waals surface area contributed by atoms with Gasteiger partial charge in [-0.25, -0.2) is 0 Å². The molecular formula is C9H12F3N3. The highest BCUT2D eigenvalue weighted by Gasteiger charge is 2.32. The van der Waals surface area contributed by atoms with Crippen LogP contribution in [0.1, 0.15) is 31.3 Å². The van der Waals surface area contributed by atoms with Crippen molar-refractivity contribution in [2.45, 2.75) is 26.1 Å². The van der Waals surface area contributed by atoms with Gasteiger partial charge in [-0.15, -0.1) is 5.10 Å². The van der Waals surface area contributed by atoms with Crippen LogP contribution in [0.2, 0.25) is 0 Å². The van der Waals surface area contributed by atoms with Crippen LogP contribution in [0.15, 0.2) is 12.1 Å². The zero-order valence-corrected chi connectivity index (χ0v) is 8.47. The van der Waals surface area contributed by atoms with Gasteiger partial charge in [0.2, 0.25) is 0 Å². The molecule has 1 aromatic heterocycles. The Morgan fingerprint density at radius 1 is 1.33 bits per heavy atom. The standard InChI is InChI=1S/C9H12F3N3/c1-3-13-6(2)7-4-5-8(15-14-7)9(10,11)12/h4-6,13H,3H2,1-2H3. The van der Waals surface area contributed by atoms with Gasteiger partial charge >= 0.3 is 6.18 Å². The molecular weight excluding hydrogens is 207 g/mol. The van der Waals surface area contributed by atoms with E-state index in [1.807, 2.05) is 13.8 Å². The molecule has 0 saturated carbocycles. The first-order valence-electron chi connectivity index (χ1n) is 4.59. The normalized spacial score (nSPS) is 13.9. The largest absolute Gasteiger partial charge is 0.435 e. The molecule has 1 atom stereocenters. The van der Waals surface area contributed by atoms with E-state index in [4.69, 9.17) is 0 Å². The first-order valence-corrected chi connectivity index (χ1v) is 4.59. The first-order chi connectivity index (χ1) is 6.95. The summed E-state index contributed by atoms with van der Waals surface area (Å²) < 4.78 is 36.5. The Kier molecular flexibility index (Phi) is 3.62. The van der Waals surface area contributed by atoms with Gasteiger partial charge in [-0.1, -0.05) is 6.92 Å². The van der Waals surface area contributed by atoms with E-state index in [1.165, 1.54) is 6.07 Å². The van der Waals surface area contributed by atoms with Gasteiger partial charge in [-0.05, 0) is 25.6 Å². The SMILES string of the molecule is CCNC(C)c1ccc(C(F)(F)F)nn1. The Morgan fingerprint density at radius 2 is 2.00 bits per heavy atom. The maximum absolute atomic E-state index is 12.2. The van der Waals surface area contributed by atoms with Crippen LogP contribution in [0.5, 0.6) is 0 Å². The molecule has 1 aromatic rings. The Balaban J connectivity index is 2.81. The highest BCUT2D eigenvalue weighted by atomic mass is 19.4. The van der Waals surface area contributed by atoms with E-state index in [2.05, 4.69) is 15.5 Å². The van der Waals surface area contributed by atoms with Crippen molar-refractivity contribution in [3.8, 4) is 0 Å². The van der Waals surface area contributed by atoms with Crippen LogP contribution >= 0.6 is 0 Å². The molecule has 6 heteroatoms. The summed E-state index contributed by atoms with van der Waals surface area (Å²) in [5.41, 5.74) is -0.459. The minimum atomic E-state index is -4.42. The van der Waals surface area contributed by atoms with Crippen molar-refractivity contribution in [3.05, 3.63) is 23.5 Å². The van der Waals surface area contributed by atoms with Gasteiger partial charge in [0, 0.05) is 6.04 Å². The second kappa shape index (κ2) is 4.57. The van der Waals surface area contributed by atoms with E-state index < -0.39 is 11.9 Å². The third-order valence-corrected chi connectivity index (χ3v) is 1.93. The molecule has 15 heavy (non-hydrogen) atoms. The Labute approximate surface area is 85.7 Å². The van der Waals surface area contributed by atoms with E-state index in [0.29, 0.717) is 5.69 Å². The average Bonchev–Trinajstić information content (AvgIpc) is 2.17. The molecule has 0 aliphatic carbocycles. The molecule has 1 heterocycles. The van der Waals surface area contributed by atoms with Crippen LogP contribution in [-0.4, -0.2) is 16.7 Å². The maximum atomic E-state index is 12.2. The summed E-state index contributed by atoms with van der Waals surface area (Å²) in [5, 5.41) is 9.71. The number of aromatic nitrogens is 2. The fourth-order valence-corrected chi connectivity index (χ4v) is 1.14. The number of rotatable bonds is 3. The molecule has 3 nitrogen and oxygen atoms in total. The minimum Gasteiger partial charge on any atom is -0.309 e. The fourth-order valence-electron chi connectivity index (χ4n) is 1.14. The molecule has 0 aliphatic heterocycles. The zero-order valence-electron chi connectivity index (χ0n) is 8.47. The number of alkyl halides is 3. The van der Waals surface area contributed by atoms with E-state index in [0.717, 1.165) is 12.6 Å². The molecule has 0 saturated heterocycles. The highest BCUT2D eigenvalue weighted by Crippen LogP contribution is 2.27. The minimum absolute atomic E-state index is 0.0928. The lowest BCUT2D eigenvalue weighted by Gasteiger charge is -2.11. The molecule has 0 fully saturated rings. The topological polar surface area (TPSA) is 37.8 Å². The molecule has 0 aromatic carbocycles. The molecule has 1 unspecified atom stereocenters. The fraction of sp³-hybridized carbons (Fsp3) is 0.556. The summed E-state index contributed by atoms with van der Waals surface area (Å²) >= 11 is 0. The zero-order chi connectivity index (χ0) is 11.5. The van der Waals surface area contributed by atoms with Crippen LogP contribution < -0.4 is 5.32 Å². The van der Waals surface area contributed by atoms with E-state index in [9.17, 15) is 13.2 Å². The molecule has 1 rings (SSSR count). The van der Waals surface area contributed by atoms with E-state index in [-0.39, 0.29) is 6.04 Å². The van der Waals surface area contributed by atoms with Gasteiger partial charge in [0.15, 0.2) is 5.69 Å². The number of nitrogens with one attached hydrogen (secondary N) is 1. The van der Waals surface area contributed by atoms with Crippen LogP contribution in [0.25, 0.3) is 0 Å². The summed E-state index contributed by atoms with van der Waals surface area (Å²) in [5.74, 6) is 0. The van der Waals surface area contributed by atoms with Crippen molar-refractivity contribution in [2.24, 2.45) is 0 Å². The quantitative estimate of drug-likeness (QED) is 0.846. The monoisotopic (exact) mass is 219 g/mol. The van der Waals surface area contributed by atoms with Gasteiger partial charge in [-0.3, -0.25) is 0 Å². The summed E-state index contributed by atoms with van der Waals surface area (Å²) in [4.78, 5) is 0. The second-order valence-electron chi connectivity index (χ2n) is 3.12. The van der Waals surface area contributed by atoms with Gasteiger partial charge in [0.05, 0.1) is 5.69 Å². The first kappa shape index (κ1) is 11.9. The van der Waals surface area contributed by atoms with E-state index in [1.54, 1.807) is 0 Å². The van der Waals surface area contributed by atoms with Crippen molar-refractivity contribution < 1.29 is 13.2 Å². The molecule has 0 spiro atoms. The number of nitrogens with zero attached hydrogens (tertiary/aromatic N) is 2. The number of hydrogen-bond donors (Lipinski definition) is 1. The molecule has 0 aliphatic rings. The number of hydrogen-bond acceptors (Lipinski definition) is 3. The van der Waals surface area contributed by atoms with Crippen molar-refractivity contribution in [1.29, 1.82) is 0 Å². The molecule has 0 radical (unpaired) electrons. The molecule has 0 amide bonds. The third-order valence-electron chi connectivity index (χ3n) is 1.93. The predicted molar refractivity (Wildman–Crippen MR) is 49.1 cm³/mol. The summed E-state index contributed by atoms with van der Waals surface area (Å²) in [6, 6.07) is 2.18. The second-order valence-corrected chi connectivity index (χ2v) is 3.12. The van der Waals surface area contributed by atoms with Crippen LogP contribution in [0.3, 0.4) is 0 Å². The summed E-state index contributed by atoms with van der Waals surface area (Å²) in [7, 11) is 0. The molecule has 1 N–H and O–H groups in total. The van der Waals surface area contributed by atoms with Crippen LogP contribution in [0.4, 0.5) is 13.2 Å². The van der Waals surface area contributed by atoms with Gasteiger partial charge in [0.1, 0.15) is 0 Å². The molecule has 0 bridgehead atoms. The van der Waals surface area contributed by atoms with Crippen LogP contribution in [0, 0.1) is 0 Å². The Morgan fingerprint density at radius 3 is 2.40 bits per heavy atom. The summed E-state index contributed by atoms with van der Waals surface area (Å²) in [6.45, 7) is 4.46. The smallest absolute Gasteiger partial charge is 0.309 e.